The van der Waals surface area contributed by atoms with Crippen LogP contribution >= 0.6 is 0 Å². The van der Waals surface area contributed by atoms with Crippen LogP contribution in [0.5, 0.6) is 0 Å². The van der Waals surface area contributed by atoms with Gasteiger partial charge in [0.15, 0.2) is 0 Å². The maximum absolute atomic E-state index is 12.1. The zero-order valence-electron chi connectivity index (χ0n) is 16.0. The van der Waals surface area contributed by atoms with Gasteiger partial charge in [0.25, 0.3) is 0 Å². The lowest BCUT2D eigenvalue weighted by molar-refractivity contribution is 0.0836. The Morgan fingerprint density at radius 1 is 0.875 bits per heavy atom. The predicted molar refractivity (Wildman–Crippen MR) is 102 cm³/mol. The van der Waals surface area contributed by atoms with E-state index in [9.17, 15) is 4.79 Å². The second-order valence-corrected chi connectivity index (χ2v) is 7.24. The van der Waals surface area contributed by atoms with Crippen LogP contribution in [0.1, 0.15) is 109 Å². The molecule has 1 rings (SSSR count). The maximum atomic E-state index is 12.1. The van der Waals surface area contributed by atoms with E-state index in [1.807, 2.05) is 6.92 Å². The molecule has 0 radical (unpaired) electrons. The van der Waals surface area contributed by atoms with Gasteiger partial charge in [0.1, 0.15) is 6.33 Å². The van der Waals surface area contributed by atoms with Crippen LogP contribution in [0, 0.1) is 5.92 Å². The molecule has 24 heavy (non-hydrogen) atoms. The molecule has 1 unspecified atom stereocenters. The first kappa shape index (κ1) is 20.9. The number of imidazole rings is 1. The standard InChI is InChI=1S/C21H38N2O/c1-3-4-5-6-7-8-9-10-11-12-13-14-15-16-20(2)21(24)23-18-17-22-19-23/h17-20H,3-16H2,1-2H3. The molecule has 1 heterocycles. The van der Waals surface area contributed by atoms with Crippen molar-refractivity contribution in [1.29, 1.82) is 0 Å². The highest BCUT2D eigenvalue weighted by atomic mass is 16.2. The summed E-state index contributed by atoms with van der Waals surface area (Å²) in [4.78, 5) is 16.0. The van der Waals surface area contributed by atoms with Crippen molar-refractivity contribution < 1.29 is 4.79 Å². The van der Waals surface area contributed by atoms with E-state index in [2.05, 4.69) is 11.9 Å². The van der Waals surface area contributed by atoms with Gasteiger partial charge in [-0.2, -0.15) is 0 Å². The molecular weight excluding hydrogens is 296 g/mol. The Hall–Kier alpha value is -1.12. The molecule has 0 spiro atoms. The average molecular weight is 335 g/mol. The second-order valence-electron chi connectivity index (χ2n) is 7.24. The summed E-state index contributed by atoms with van der Waals surface area (Å²) >= 11 is 0. The van der Waals surface area contributed by atoms with Crippen molar-refractivity contribution in [3.63, 3.8) is 0 Å². The number of aromatic nitrogens is 2. The summed E-state index contributed by atoms with van der Waals surface area (Å²) in [7, 11) is 0. The molecule has 0 N–H and O–H groups in total. The van der Waals surface area contributed by atoms with E-state index >= 15 is 0 Å². The smallest absolute Gasteiger partial charge is 0.234 e. The highest BCUT2D eigenvalue weighted by molar-refractivity contribution is 5.80. The van der Waals surface area contributed by atoms with Crippen molar-refractivity contribution in [2.75, 3.05) is 0 Å². The average Bonchev–Trinajstić information content (AvgIpc) is 3.12. The molecule has 1 aromatic heterocycles. The van der Waals surface area contributed by atoms with Gasteiger partial charge in [0.05, 0.1) is 0 Å². The lowest BCUT2D eigenvalue weighted by atomic mass is 10.0. The third-order valence-corrected chi connectivity index (χ3v) is 4.92. The van der Waals surface area contributed by atoms with Gasteiger partial charge in [-0.15, -0.1) is 0 Å². The Balaban J connectivity index is 1.84. The summed E-state index contributed by atoms with van der Waals surface area (Å²) in [6, 6.07) is 0. The minimum absolute atomic E-state index is 0.104. The van der Waals surface area contributed by atoms with Crippen LogP contribution < -0.4 is 0 Å². The van der Waals surface area contributed by atoms with E-state index < -0.39 is 0 Å². The number of nitrogens with zero attached hydrogens (tertiary/aromatic N) is 2. The van der Waals surface area contributed by atoms with Crippen LogP contribution in [0.15, 0.2) is 18.7 Å². The predicted octanol–water partition coefficient (Wildman–Crippen LogP) is 6.64. The first-order valence-corrected chi connectivity index (χ1v) is 10.3. The largest absolute Gasteiger partial charge is 0.276 e. The molecule has 0 bridgehead atoms. The molecule has 1 aromatic rings. The summed E-state index contributed by atoms with van der Waals surface area (Å²) in [5, 5.41) is 0. The maximum Gasteiger partial charge on any atom is 0.234 e. The number of unbranched alkanes of at least 4 members (excludes halogenated alkanes) is 12. The number of carbonyl (C=O) groups is 1. The van der Waals surface area contributed by atoms with Gasteiger partial charge in [0, 0.05) is 18.3 Å². The van der Waals surface area contributed by atoms with Crippen LogP contribution in [-0.2, 0) is 0 Å². The highest BCUT2D eigenvalue weighted by Gasteiger charge is 2.13. The van der Waals surface area contributed by atoms with Gasteiger partial charge in [-0.1, -0.05) is 97.3 Å². The van der Waals surface area contributed by atoms with Gasteiger partial charge >= 0.3 is 0 Å². The van der Waals surface area contributed by atoms with Crippen LogP contribution in [0.2, 0.25) is 0 Å². The Kier molecular flexibility index (Phi) is 12.4. The van der Waals surface area contributed by atoms with Crippen molar-refractivity contribution in [2.45, 2.75) is 104 Å². The monoisotopic (exact) mass is 334 g/mol. The lowest BCUT2D eigenvalue weighted by Gasteiger charge is -2.10. The van der Waals surface area contributed by atoms with Crippen LogP contribution in [0.3, 0.4) is 0 Å². The SMILES string of the molecule is CCCCCCCCCCCCCCCC(C)C(=O)n1ccnc1. The third-order valence-electron chi connectivity index (χ3n) is 4.92. The minimum atomic E-state index is 0.104. The van der Waals surface area contributed by atoms with Crippen molar-refractivity contribution in [3.8, 4) is 0 Å². The van der Waals surface area contributed by atoms with Gasteiger partial charge in [0.2, 0.25) is 5.91 Å². The molecule has 0 fully saturated rings. The zero-order chi connectivity index (χ0) is 17.5. The van der Waals surface area contributed by atoms with E-state index in [1.54, 1.807) is 23.3 Å². The topological polar surface area (TPSA) is 34.9 Å². The highest BCUT2D eigenvalue weighted by Crippen LogP contribution is 2.15. The van der Waals surface area contributed by atoms with Crippen molar-refractivity contribution in [2.24, 2.45) is 5.92 Å². The Bertz CT molecular complexity index is 400. The van der Waals surface area contributed by atoms with Gasteiger partial charge < -0.3 is 0 Å². The molecule has 138 valence electrons. The van der Waals surface area contributed by atoms with E-state index in [0.717, 1.165) is 6.42 Å². The fourth-order valence-corrected chi connectivity index (χ4v) is 3.24. The zero-order valence-corrected chi connectivity index (χ0v) is 16.0. The van der Waals surface area contributed by atoms with Crippen LogP contribution in [0.25, 0.3) is 0 Å². The summed E-state index contributed by atoms with van der Waals surface area (Å²) in [5.41, 5.74) is 0. The molecule has 0 aromatic carbocycles. The first-order chi connectivity index (χ1) is 11.8. The van der Waals surface area contributed by atoms with Crippen LogP contribution in [-0.4, -0.2) is 15.5 Å². The molecule has 0 saturated carbocycles. The summed E-state index contributed by atoms with van der Waals surface area (Å²) in [6.07, 6.45) is 23.8. The third kappa shape index (κ3) is 9.89. The Labute approximate surface area is 149 Å². The lowest BCUT2D eigenvalue weighted by Crippen LogP contribution is -2.17. The van der Waals surface area contributed by atoms with Gasteiger partial charge in [-0.05, 0) is 6.42 Å². The summed E-state index contributed by atoms with van der Waals surface area (Å²) in [6.45, 7) is 4.31. The molecule has 0 aliphatic heterocycles. The molecule has 0 aliphatic rings. The number of hydrogen-bond donors (Lipinski definition) is 0. The van der Waals surface area contributed by atoms with Crippen molar-refractivity contribution >= 4 is 5.91 Å². The van der Waals surface area contributed by atoms with Crippen LogP contribution in [0.4, 0.5) is 0 Å². The molecule has 0 amide bonds. The fraction of sp³-hybridized carbons (Fsp3) is 0.810. The molecular formula is C21H38N2O. The van der Waals surface area contributed by atoms with Crippen molar-refractivity contribution in [3.05, 3.63) is 18.7 Å². The summed E-state index contributed by atoms with van der Waals surface area (Å²) in [5.74, 6) is 0.276. The van der Waals surface area contributed by atoms with Crippen molar-refractivity contribution in [1.82, 2.24) is 9.55 Å². The molecule has 3 heteroatoms. The molecule has 0 saturated heterocycles. The second kappa shape index (κ2) is 14.2. The molecule has 1 atom stereocenters. The van der Waals surface area contributed by atoms with E-state index in [4.69, 9.17) is 0 Å². The van der Waals surface area contributed by atoms with Gasteiger partial charge in [-0.3, -0.25) is 9.36 Å². The Morgan fingerprint density at radius 3 is 1.83 bits per heavy atom. The normalized spacial score (nSPS) is 12.4. The number of carbonyl (C=O) groups excluding carboxylic acids is 1. The number of hydrogen-bond acceptors (Lipinski definition) is 2. The van der Waals surface area contributed by atoms with E-state index in [0.29, 0.717) is 0 Å². The number of rotatable bonds is 15. The van der Waals surface area contributed by atoms with E-state index in [-0.39, 0.29) is 11.8 Å². The van der Waals surface area contributed by atoms with E-state index in [1.165, 1.54) is 83.5 Å². The molecule has 3 nitrogen and oxygen atoms in total. The fourth-order valence-electron chi connectivity index (χ4n) is 3.24. The summed E-state index contributed by atoms with van der Waals surface area (Å²) < 4.78 is 1.60. The van der Waals surface area contributed by atoms with Gasteiger partial charge in [-0.25, -0.2) is 4.98 Å². The Morgan fingerprint density at radius 2 is 1.38 bits per heavy atom. The first-order valence-electron chi connectivity index (χ1n) is 10.3. The minimum Gasteiger partial charge on any atom is -0.276 e. The quantitative estimate of drug-likeness (QED) is 0.337. The molecule has 0 aliphatic carbocycles.